The Labute approximate surface area is 246 Å². The van der Waals surface area contributed by atoms with E-state index in [0.29, 0.717) is 34.3 Å². The number of halogens is 1. The van der Waals surface area contributed by atoms with Gasteiger partial charge in [0.15, 0.2) is 0 Å². The average Bonchev–Trinajstić information content (AvgIpc) is 3.35. The summed E-state index contributed by atoms with van der Waals surface area (Å²) in [5, 5.41) is 2.82. The zero-order valence-electron chi connectivity index (χ0n) is 23.3. The van der Waals surface area contributed by atoms with Gasteiger partial charge in [0.25, 0.3) is 11.5 Å². The van der Waals surface area contributed by atoms with Crippen LogP contribution in [-0.4, -0.2) is 61.2 Å². The molecule has 11 heteroatoms. The van der Waals surface area contributed by atoms with Gasteiger partial charge >= 0.3 is 0 Å². The molecule has 0 aliphatic carbocycles. The number of carbonyl (C=O) groups is 3. The first-order valence-electron chi connectivity index (χ1n) is 14.5. The Morgan fingerprint density at radius 3 is 2.60 bits per heavy atom. The number of nitrogens with one attached hydrogen (secondary N) is 1. The first kappa shape index (κ1) is 27.1. The Morgan fingerprint density at radius 1 is 1.00 bits per heavy atom. The van der Waals surface area contributed by atoms with Gasteiger partial charge in [-0.05, 0) is 79.7 Å². The van der Waals surface area contributed by atoms with Crippen molar-refractivity contribution in [2.45, 2.75) is 50.7 Å². The monoisotopic (exact) mass is 580 g/mol. The Balaban J connectivity index is 1.04. The van der Waals surface area contributed by atoms with Crippen molar-refractivity contribution in [1.29, 1.82) is 0 Å². The summed E-state index contributed by atoms with van der Waals surface area (Å²) in [7, 11) is 0. The normalized spacial score (nSPS) is 19.6. The number of hydrogen-bond acceptors (Lipinski definition) is 7. The van der Waals surface area contributed by atoms with Gasteiger partial charge < -0.3 is 4.90 Å². The van der Waals surface area contributed by atoms with Crippen LogP contribution in [0.4, 0.5) is 4.39 Å². The van der Waals surface area contributed by atoms with Gasteiger partial charge in [-0.1, -0.05) is 12.1 Å². The summed E-state index contributed by atoms with van der Waals surface area (Å²) in [6.07, 6.45) is 6.70. The average molecular weight is 581 g/mol. The highest BCUT2D eigenvalue weighted by Crippen LogP contribution is 2.36. The molecule has 7 rings (SSSR count). The van der Waals surface area contributed by atoms with Gasteiger partial charge in [-0.2, -0.15) is 0 Å². The molecular weight excluding hydrogens is 551 g/mol. The number of amides is 3. The molecule has 3 aliphatic heterocycles. The predicted octanol–water partition coefficient (Wildman–Crippen LogP) is 3.06. The standard InChI is InChI=1S/C32H29FN6O4/c33-29-22(4-5-23-25(29)17-38(31(23)42)27-7-8-28(40)36-30(27)41)20-9-12-37(13-10-20)16-19-3-6-26-24(14-19)32(43)39(18-35-26)21-2-1-11-34-15-21/h1-6,11,14-15,18,20,27H,7-10,12-13,16-17H2,(H,36,40,41). The lowest BCUT2D eigenvalue weighted by atomic mass is 9.87. The highest BCUT2D eigenvalue weighted by atomic mass is 19.1. The lowest BCUT2D eigenvalue weighted by Crippen LogP contribution is -2.52. The SMILES string of the molecule is O=C1CCC(N2Cc3c(ccc(C4CCN(Cc5ccc6ncn(-c7cccnc7)c(=O)c6c5)CC4)c3F)C2=O)C(=O)N1. The number of aromatic nitrogens is 3. The molecule has 2 aromatic heterocycles. The predicted molar refractivity (Wildman–Crippen MR) is 155 cm³/mol. The maximum absolute atomic E-state index is 15.8. The molecule has 0 saturated carbocycles. The van der Waals surface area contributed by atoms with Crippen LogP contribution in [0.2, 0.25) is 0 Å². The van der Waals surface area contributed by atoms with Gasteiger partial charge in [0.05, 0.1) is 29.3 Å². The van der Waals surface area contributed by atoms with E-state index in [1.165, 1.54) is 15.8 Å². The number of carbonyl (C=O) groups excluding carboxylic acids is 3. The number of piperidine rings is 2. The van der Waals surface area contributed by atoms with Crippen LogP contribution in [0.1, 0.15) is 58.6 Å². The van der Waals surface area contributed by atoms with E-state index in [1.807, 2.05) is 24.3 Å². The van der Waals surface area contributed by atoms with Crippen molar-refractivity contribution in [3.05, 3.63) is 99.6 Å². The van der Waals surface area contributed by atoms with Gasteiger partial charge in [0.2, 0.25) is 11.8 Å². The zero-order valence-corrected chi connectivity index (χ0v) is 23.3. The number of benzene rings is 2. The van der Waals surface area contributed by atoms with Crippen LogP contribution in [0.15, 0.2) is 66.0 Å². The largest absolute Gasteiger partial charge is 0.322 e. The van der Waals surface area contributed by atoms with Crippen LogP contribution in [-0.2, 0) is 22.7 Å². The van der Waals surface area contributed by atoms with Crippen molar-refractivity contribution in [3.8, 4) is 5.69 Å². The molecule has 5 heterocycles. The molecule has 2 aromatic carbocycles. The molecule has 4 aromatic rings. The Bertz CT molecular complexity index is 1830. The minimum Gasteiger partial charge on any atom is -0.322 e. The molecule has 2 fully saturated rings. The van der Waals surface area contributed by atoms with E-state index in [0.717, 1.165) is 31.5 Å². The van der Waals surface area contributed by atoms with E-state index < -0.39 is 11.9 Å². The van der Waals surface area contributed by atoms with Gasteiger partial charge in [-0.3, -0.25) is 38.9 Å². The maximum atomic E-state index is 15.8. The van der Waals surface area contributed by atoms with Crippen LogP contribution >= 0.6 is 0 Å². The van der Waals surface area contributed by atoms with Crippen molar-refractivity contribution in [2.24, 2.45) is 0 Å². The number of rotatable bonds is 5. The van der Waals surface area contributed by atoms with Crippen LogP contribution in [0.3, 0.4) is 0 Å². The Hall–Kier alpha value is -4.77. The zero-order chi connectivity index (χ0) is 29.7. The highest BCUT2D eigenvalue weighted by molar-refractivity contribution is 6.05. The Morgan fingerprint density at radius 2 is 1.84 bits per heavy atom. The fourth-order valence-electron chi connectivity index (χ4n) is 6.55. The van der Waals surface area contributed by atoms with E-state index in [-0.39, 0.29) is 54.1 Å². The molecule has 10 nitrogen and oxygen atoms in total. The summed E-state index contributed by atoms with van der Waals surface area (Å²) in [6, 6.07) is 12.0. The topological polar surface area (TPSA) is 118 Å². The quantitative estimate of drug-likeness (QED) is 0.361. The molecule has 0 bridgehead atoms. The second-order valence-electron chi connectivity index (χ2n) is 11.4. The maximum Gasteiger partial charge on any atom is 0.265 e. The second kappa shape index (κ2) is 10.8. The molecule has 43 heavy (non-hydrogen) atoms. The van der Waals surface area contributed by atoms with Crippen molar-refractivity contribution >= 4 is 28.6 Å². The van der Waals surface area contributed by atoms with Crippen LogP contribution in [0.5, 0.6) is 0 Å². The summed E-state index contributed by atoms with van der Waals surface area (Å²) in [4.78, 5) is 62.4. The molecule has 2 saturated heterocycles. The van der Waals surface area contributed by atoms with Gasteiger partial charge in [0.1, 0.15) is 18.2 Å². The number of pyridine rings is 1. The fraction of sp³-hybridized carbons (Fsp3) is 0.312. The summed E-state index contributed by atoms with van der Waals surface area (Å²) < 4.78 is 17.3. The van der Waals surface area contributed by atoms with Crippen molar-refractivity contribution in [3.63, 3.8) is 0 Å². The first-order valence-corrected chi connectivity index (χ1v) is 14.5. The Kier molecular flexibility index (Phi) is 6.81. The van der Waals surface area contributed by atoms with Crippen LogP contribution < -0.4 is 10.9 Å². The third-order valence-electron chi connectivity index (χ3n) is 8.86. The summed E-state index contributed by atoms with van der Waals surface area (Å²) in [5.41, 5.74) is 3.36. The van der Waals surface area contributed by atoms with Crippen LogP contribution in [0, 0.1) is 5.82 Å². The number of hydrogen-bond donors (Lipinski definition) is 1. The van der Waals surface area contributed by atoms with Crippen molar-refractivity contribution in [1.82, 2.24) is 29.7 Å². The number of nitrogens with zero attached hydrogens (tertiary/aromatic N) is 5. The van der Waals surface area contributed by atoms with E-state index in [9.17, 15) is 19.2 Å². The van der Waals surface area contributed by atoms with E-state index in [2.05, 4.69) is 20.2 Å². The molecule has 218 valence electrons. The summed E-state index contributed by atoms with van der Waals surface area (Å²) >= 11 is 0. The highest BCUT2D eigenvalue weighted by Gasteiger charge is 2.41. The molecule has 1 atom stereocenters. The van der Waals surface area contributed by atoms with Crippen LogP contribution in [0.25, 0.3) is 16.6 Å². The van der Waals surface area contributed by atoms with Crippen molar-refractivity contribution in [2.75, 3.05) is 13.1 Å². The van der Waals surface area contributed by atoms with Gasteiger partial charge in [-0.15, -0.1) is 0 Å². The molecule has 0 radical (unpaired) electrons. The minimum absolute atomic E-state index is 0.00814. The van der Waals surface area contributed by atoms with E-state index >= 15 is 4.39 Å². The minimum atomic E-state index is -0.771. The smallest absolute Gasteiger partial charge is 0.265 e. The van der Waals surface area contributed by atoms with Gasteiger partial charge in [-0.25, -0.2) is 9.37 Å². The summed E-state index contributed by atoms with van der Waals surface area (Å²) in [6.45, 7) is 2.20. The fourth-order valence-corrected chi connectivity index (χ4v) is 6.55. The number of fused-ring (bicyclic) bond motifs is 2. The third-order valence-corrected chi connectivity index (χ3v) is 8.86. The first-order chi connectivity index (χ1) is 20.9. The lowest BCUT2D eigenvalue weighted by Gasteiger charge is -2.32. The molecule has 0 spiro atoms. The lowest BCUT2D eigenvalue weighted by molar-refractivity contribution is -0.136. The molecule has 3 aliphatic rings. The molecular formula is C32H29FN6O4. The number of likely N-dealkylation sites (tertiary alicyclic amines) is 1. The summed E-state index contributed by atoms with van der Waals surface area (Å²) in [5.74, 6) is -1.60. The molecule has 3 amide bonds. The third kappa shape index (κ3) is 4.89. The number of imide groups is 1. The van der Waals surface area contributed by atoms with E-state index in [4.69, 9.17) is 0 Å². The van der Waals surface area contributed by atoms with E-state index in [1.54, 1.807) is 30.6 Å². The van der Waals surface area contributed by atoms with Gasteiger partial charge in [0, 0.05) is 30.3 Å². The van der Waals surface area contributed by atoms with Crippen molar-refractivity contribution < 1.29 is 18.8 Å². The molecule has 1 N–H and O–H groups in total. The molecule has 1 unspecified atom stereocenters. The second-order valence-corrected chi connectivity index (χ2v) is 11.4.